The third-order valence-corrected chi connectivity index (χ3v) is 3.21. The summed E-state index contributed by atoms with van der Waals surface area (Å²) >= 11 is 5.86. The predicted octanol–water partition coefficient (Wildman–Crippen LogP) is 2.64. The molecular formula is C10H20ClN. The van der Waals surface area contributed by atoms with Crippen molar-refractivity contribution >= 4 is 11.6 Å². The lowest BCUT2D eigenvalue weighted by atomic mass is 10.1. The smallest absolute Gasteiger partial charge is 0.0292 e. The van der Waals surface area contributed by atoms with Crippen LogP contribution in [0.3, 0.4) is 0 Å². The molecule has 0 spiro atoms. The molecule has 0 aromatic carbocycles. The summed E-state index contributed by atoms with van der Waals surface area (Å²) in [5.74, 6) is 1.64. The van der Waals surface area contributed by atoms with Gasteiger partial charge in [0.1, 0.15) is 0 Å². The lowest BCUT2D eigenvalue weighted by Crippen LogP contribution is -2.26. The lowest BCUT2D eigenvalue weighted by Gasteiger charge is -2.12. The molecule has 0 bridgehead atoms. The van der Waals surface area contributed by atoms with Crippen LogP contribution < -0.4 is 5.32 Å². The highest BCUT2D eigenvalue weighted by Gasteiger charge is 2.40. The summed E-state index contributed by atoms with van der Waals surface area (Å²) in [5, 5.41) is 3.49. The first-order chi connectivity index (χ1) is 5.68. The van der Waals surface area contributed by atoms with E-state index in [-0.39, 0.29) is 0 Å². The molecule has 0 radical (unpaired) electrons. The first-order valence-electron chi connectivity index (χ1n) is 4.95. The molecule has 72 valence electrons. The zero-order valence-electron chi connectivity index (χ0n) is 8.20. The maximum atomic E-state index is 5.86. The molecule has 0 aromatic rings. The van der Waals surface area contributed by atoms with Gasteiger partial charge >= 0.3 is 0 Å². The molecule has 0 atom stereocenters. The van der Waals surface area contributed by atoms with Crippen molar-refractivity contribution in [2.24, 2.45) is 11.3 Å². The van der Waals surface area contributed by atoms with E-state index in [0.717, 1.165) is 24.9 Å². The summed E-state index contributed by atoms with van der Waals surface area (Å²) in [6, 6.07) is 0. The molecule has 0 heterocycles. The van der Waals surface area contributed by atoms with E-state index in [0.29, 0.717) is 5.41 Å². The monoisotopic (exact) mass is 189 g/mol. The number of hydrogen-bond donors (Lipinski definition) is 1. The normalized spacial score (nSPS) is 20.0. The molecule has 0 amide bonds. The number of halogens is 1. The van der Waals surface area contributed by atoms with E-state index >= 15 is 0 Å². The van der Waals surface area contributed by atoms with Crippen molar-refractivity contribution < 1.29 is 0 Å². The minimum absolute atomic E-state index is 0.485. The molecule has 12 heavy (non-hydrogen) atoms. The van der Waals surface area contributed by atoms with Gasteiger partial charge in [0.2, 0.25) is 0 Å². The van der Waals surface area contributed by atoms with Crippen molar-refractivity contribution in [1.82, 2.24) is 5.32 Å². The second kappa shape index (κ2) is 4.48. The van der Waals surface area contributed by atoms with Gasteiger partial charge in [-0.3, -0.25) is 0 Å². The minimum atomic E-state index is 0.485. The fraction of sp³-hybridized carbons (Fsp3) is 1.00. The minimum Gasteiger partial charge on any atom is -0.316 e. The highest BCUT2D eigenvalue weighted by Crippen LogP contribution is 2.45. The van der Waals surface area contributed by atoms with Gasteiger partial charge in [-0.05, 0) is 37.1 Å². The first-order valence-corrected chi connectivity index (χ1v) is 5.49. The molecule has 1 nitrogen and oxygen atoms in total. The molecule has 0 unspecified atom stereocenters. The number of nitrogens with one attached hydrogen (secondary N) is 1. The molecule has 2 heteroatoms. The van der Waals surface area contributed by atoms with Crippen LogP contribution in [0.15, 0.2) is 0 Å². The summed E-state index contributed by atoms with van der Waals surface area (Å²) in [4.78, 5) is 0. The van der Waals surface area contributed by atoms with E-state index in [2.05, 4.69) is 19.2 Å². The van der Waals surface area contributed by atoms with Crippen molar-refractivity contribution in [3.63, 3.8) is 0 Å². The molecule has 0 saturated heterocycles. The van der Waals surface area contributed by atoms with Gasteiger partial charge in [0.05, 0.1) is 0 Å². The van der Waals surface area contributed by atoms with Crippen molar-refractivity contribution in [1.29, 1.82) is 0 Å². The zero-order chi connectivity index (χ0) is 9.03. The van der Waals surface area contributed by atoms with Crippen LogP contribution in [-0.2, 0) is 0 Å². The van der Waals surface area contributed by atoms with E-state index in [1.807, 2.05) is 0 Å². The fourth-order valence-electron chi connectivity index (χ4n) is 1.28. The Kier molecular flexibility index (Phi) is 3.85. The standard InChI is InChI=1S/C10H20ClN/c1-9(2)3-6-12-8-10(7-11)4-5-10/h9,12H,3-8H2,1-2H3. The van der Waals surface area contributed by atoms with Crippen LogP contribution in [0.2, 0.25) is 0 Å². The third kappa shape index (κ3) is 3.32. The van der Waals surface area contributed by atoms with Crippen molar-refractivity contribution in [2.75, 3.05) is 19.0 Å². The van der Waals surface area contributed by atoms with Crippen LogP contribution in [-0.4, -0.2) is 19.0 Å². The summed E-state index contributed by atoms with van der Waals surface area (Å²) in [5.41, 5.74) is 0.485. The molecule has 1 saturated carbocycles. The van der Waals surface area contributed by atoms with Gasteiger partial charge in [-0.15, -0.1) is 11.6 Å². The van der Waals surface area contributed by atoms with Crippen LogP contribution in [0, 0.1) is 11.3 Å². The zero-order valence-corrected chi connectivity index (χ0v) is 8.95. The Bertz CT molecular complexity index is 130. The first kappa shape index (κ1) is 10.3. The Morgan fingerprint density at radius 1 is 1.42 bits per heavy atom. The second-order valence-corrected chi connectivity index (χ2v) is 4.76. The molecule has 1 aliphatic carbocycles. The van der Waals surface area contributed by atoms with Gasteiger partial charge in [-0.25, -0.2) is 0 Å². The van der Waals surface area contributed by atoms with E-state index in [9.17, 15) is 0 Å². The molecule has 1 N–H and O–H groups in total. The van der Waals surface area contributed by atoms with Crippen LogP contribution in [0.4, 0.5) is 0 Å². The van der Waals surface area contributed by atoms with Crippen LogP contribution in [0.1, 0.15) is 33.1 Å². The molecular weight excluding hydrogens is 170 g/mol. The van der Waals surface area contributed by atoms with Crippen molar-refractivity contribution in [3.8, 4) is 0 Å². The molecule has 1 fully saturated rings. The average Bonchev–Trinajstić information content (AvgIpc) is 2.79. The van der Waals surface area contributed by atoms with Gasteiger partial charge in [0, 0.05) is 12.4 Å². The van der Waals surface area contributed by atoms with Crippen molar-refractivity contribution in [3.05, 3.63) is 0 Å². The van der Waals surface area contributed by atoms with Crippen LogP contribution in [0.25, 0.3) is 0 Å². The third-order valence-electron chi connectivity index (χ3n) is 2.64. The van der Waals surface area contributed by atoms with Crippen LogP contribution >= 0.6 is 11.6 Å². The van der Waals surface area contributed by atoms with E-state index in [4.69, 9.17) is 11.6 Å². The predicted molar refractivity (Wildman–Crippen MR) is 54.7 cm³/mol. The van der Waals surface area contributed by atoms with E-state index < -0.39 is 0 Å². The Labute approximate surface area is 80.9 Å². The molecule has 1 rings (SSSR count). The molecule has 1 aliphatic rings. The highest BCUT2D eigenvalue weighted by atomic mass is 35.5. The maximum absolute atomic E-state index is 5.86. The summed E-state index contributed by atoms with van der Waals surface area (Å²) in [6.07, 6.45) is 3.93. The topological polar surface area (TPSA) is 12.0 Å². The maximum Gasteiger partial charge on any atom is 0.0292 e. The Hall–Kier alpha value is 0.250. The lowest BCUT2D eigenvalue weighted by molar-refractivity contribution is 0.471. The SMILES string of the molecule is CC(C)CCNCC1(CCl)CC1. The van der Waals surface area contributed by atoms with Gasteiger partial charge in [0.15, 0.2) is 0 Å². The summed E-state index contributed by atoms with van der Waals surface area (Å²) < 4.78 is 0. The van der Waals surface area contributed by atoms with E-state index in [1.165, 1.54) is 19.3 Å². The second-order valence-electron chi connectivity index (χ2n) is 4.49. The number of hydrogen-bond acceptors (Lipinski definition) is 1. The number of rotatable bonds is 6. The van der Waals surface area contributed by atoms with Gasteiger partial charge in [-0.2, -0.15) is 0 Å². The van der Waals surface area contributed by atoms with Gasteiger partial charge in [-0.1, -0.05) is 13.8 Å². The quantitative estimate of drug-likeness (QED) is 0.501. The largest absolute Gasteiger partial charge is 0.316 e. The Balaban J connectivity index is 1.95. The summed E-state index contributed by atoms with van der Waals surface area (Å²) in [7, 11) is 0. The summed E-state index contributed by atoms with van der Waals surface area (Å²) in [6.45, 7) is 6.80. The molecule has 0 aliphatic heterocycles. The Morgan fingerprint density at radius 3 is 2.50 bits per heavy atom. The number of alkyl halides is 1. The molecule has 0 aromatic heterocycles. The highest BCUT2D eigenvalue weighted by molar-refractivity contribution is 6.18. The van der Waals surface area contributed by atoms with Crippen molar-refractivity contribution in [2.45, 2.75) is 33.1 Å². The van der Waals surface area contributed by atoms with Crippen LogP contribution in [0.5, 0.6) is 0 Å². The van der Waals surface area contributed by atoms with E-state index in [1.54, 1.807) is 0 Å². The van der Waals surface area contributed by atoms with Gasteiger partial charge in [0.25, 0.3) is 0 Å². The van der Waals surface area contributed by atoms with Gasteiger partial charge < -0.3 is 5.32 Å². The fourth-order valence-corrected chi connectivity index (χ4v) is 1.64. The Morgan fingerprint density at radius 2 is 2.08 bits per heavy atom. The average molecular weight is 190 g/mol.